The summed E-state index contributed by atoms with van der Waals surface area (Å²) >= 11 is 0. The van der Waals surface area contributed by atoms with Crippen LogP contribution in [0.3, 0.4) is 0 Å². The second-order valence-corrected chi connectivity index (χ2v) is 4.02. The number of nitrogens with one attached hydrogen (secondary N) is 2. The topological polar surface area (TPSA) is 116 Å². The predicted molar refractivity (Wildman–Crippen MR) is 67.0 cm³/mol. The van der Waals surface area contributed by atoms with Gasteiger partial charge in [0.05, 0.1) is 12.1 Å². The lowest BCUT2D eigenvalue weighted by atomic mass is 10.2. The molecule has 0 bridgehead atoms. The number of aliphatic carboxylic acids is 2. The van der Waals surface area contributed by atoms with Crippen LogP contribution in [0.15, 0.2) is 18.2 Å². The van der Waals surface area contributed by atoms with E-state index < -0.39 is 36.2 Å². The number of carbonyl (C=O) groups is 3. The molecule has 2 amide bonds. The molecule has 8 heteroatoms. The van der Waals surface area contributed by atoms with Crippen LogP contribution in [0.5, 0.6) is 0 Å². The zero-order valence-corrected chi connectivity index (χ0v) is 10.5. The van der Waals surface area contributed by atoms with Crippen molar-refractivity contribution in [3.8, 4) is 0 Å². The van der Waals surface area contributed by atoms with Crippen LogP contribution in [0.25, 0.3) is 0 Å². The number of halogens is 1. The highest BCUT2D eigenvalue weighted by Crippen LogP contribution is 2.18. The molecular formula is C12H13FN2O5. The second-order valence-electron chi connectivity index (χ2n) is 4.02. The summed E-state index contributed by atoms with van der Waals surface area (Å²) in [6, 6.07) is 1.56. The SMILES string of the molecule is Cc1cccc(F)c1NC(=O)NC(CC(=O)O)C(=O)O. The van der Waals surface area contributed by atoms with Crippen LogP contribution in [0.1, 0.15) is 12.0 Å². The van der Waals surface area contributed by atoms with Gasteiger partial charge < -0.3 is 20.8 Å². The number of carboxylic acid groups (broad SMARTS) is 2. The molecule has 0 aliphatic carbocycles. The highest BCUT2D eigenvalue weighted by molar-refractivity contribution is 5.94. The van der Waals surface area contributed by atoms with Gasteiger partial charge in [0.25, 0.3) is 0 Å². The molecule has 0 fully saturated rings. The van der Waals surface area contributed by atoms with Crippen molar-refractivity contribution in [2.24, 2.45) is 0 Å². The summed E-state index contributed by atoms with van der Waals surface area (Å²) < 4.78 is 13.5. The van der Waals surface area contributed by atoms with Crippen molar-refractivity contribution < 1.29 is 29.0 Å². The Bertz CT molecular complexity index is 526. The number of benzene rings is 1. The zero-order chi connectivity index (χ0) is 15.3. The normalized spacial score (nSPS) is 11.5. The van der Waals surface area contributed by atoms with Crippen LogP contribution in [0.4, 0.5) is 14.9 Å². The fourth-order valence-corrected chi connectivity index (χ4v) is 1.47. The molecule has 0 aromatic heterocycles. The largest absolute Gasteiger partial charge is 0.481 e. The van der Waals surface area contributed by atoms with E-state index in [4.69, 9.17) is 10.2 Å². The quantitative estimate of drug-likeness (QED) is 0.648. The Morgan fingerprint density at radius 3 is 2.45 bits per heavy atom. The molecule has 0 spiro atoms. The molecule has 0 saturated carbocycles. The van der Waals surface area contributed by atoms with E-state index in [1.807, 2.05) is 5.32 Å². The van der Waals surface area contributed by atoms with Gasteiger partial charge in [0.2, 0.25) is 0 Å². The first-order valence-electron chi connectivity index (χ1n) is 5.58. The van der Waals surface area contributed by atoms with Crippen molar-refractivity contribution in [2.45, 2.75) is 19.4 Å². The standard InChI is InChI=1S/C12H13FN2O5/c1-6-3-2-4-7(13)10(6)15-12(20)14-8(11(18)19)5-9(16)17/h2-4,8H,5H2,1H3,(H,16,17)(H,18,19)(H2,14,15,20). The molecule has 0 aliphatic rings. The minimum absolute atomic E-state index is 0.0931. The Balaban J connectivity index is 2.76. The van der Waals surface area contributed by atoms with Gasteiger partial charge in [-0.05, 0) is 18.6 Å². The Morgan fingerprint density at radius 2 is 1.95 bits per heavy atom. The monoisotopic (exact) mass is 284 g/mol. The average Bonchev–Trinajstić information content (AvgIpc) is 2.32. The van der Waals surface area contributed by atoms with Crippen LogP contribution in [0, 0.1) is 12.7 Å². The summed E-state index contributed by atoms with van der Waals surface area (Å²) in [6.07, 6.45) is -0.779. The lowest BCUT2D eigenvalue weighted by Crippen LogP contribution is -2.44. The van der Waals surface area contributed by atoms with Gasteiger partial charge >= 0.3 is 18.0 Å². The zero-order valence-electron chi connectivity index (χ0n) is 10.5. The maximum atomic E-state index is 13.5. The smallest absolute Gasteiger partial charge is 0.326 e. The van der Waals surface area contributed by atoms with Crippen molar-refractivity contribution in [2.75, 3.05) is 5.32 Å². The summed E-state index contributed by atoms with van der Waals surface area (Å²) in [5, 5.41) is 21.4. The van der Waals surface area contributed by atoms with Gasteiger partial charge in [-0.25, -0.2) is 14.0 Å². The number of aryl methyl sites for hydroxylation is 1. The summed E-state index contributed by atoms with van der Waals surface area (Å²) in [6.45, 7) is 1.56. The minimum atomic E-state index is -1.60. The molecule has 108 valence electrons. The minimum Gasteiger partial charge on any atom is -0.481 e. The number of para-hydroxylation sites is 1. The number of hydrogen-bond acceptors (Lipinski definition) is 3. The van der Waals surface area contributed by atoms with Gasteiger partial charge in [-0.1, -0.05) is 12.1 Å². The Morgan fingerprint density at radius 1 is 1.30 bits per heavy atom. The number of carboxylic acids is 2. The summed E-state index contributed by atoms with van der Waals surface area (Å²) in [7, 11) is 0. The number of amides is 2. The van der Waals surface area contributed by atoms with Crippen molar-refractivity contribution in [3.63, 3.8) is 0 Å². The van der Waals surface area contributed by atoms with Crippen LogP contribution in [-0.4, -0.2) is 34.2 Å². The number of rotatable bonds is 5. The molecule has 7 nitrogen and oxygen atoms in total. The average molecular weight is 284 g/mol. The lowest BCUT2D eigenvalue weighted by molar-refractivity contribution is -0.145. The number of urea groups is 1. The first-order valence-corrected chi connectivity index (χ1v) is 5.58. The van der Waals surface area contributed by atoms with Crippen LogP contribution in [-0.2, 0) is 9.59 Å². The van der Waals surface area contributed by atoms with Crippen molar-refractivity contribution in [1.29, 1.82) is 0 Å². The van der Waals surface area contributed by atoms with E-state index in [0.29, 0.717) is 5.56 Å². The van der Waals surface area contributed by atoms with Gasteiger partial charge in [-0.2, -0.15) is 0 Å². The Hall–Kier alpha value is -2.64. The second kappa shape index (κ2) is 6.50. The van der Waals surface area contributed by atoms with Gasteiger partial charge in [-0.3, -0.25) is 4.79 Å². The van der Waals surface area contributed by atoms with E-state index in [1.165, 1.54) is 6.07 Å². The van der Waals surface area contributed by atoms with Gasteiger partial charge in [-0.15, -0.1) is 0 Å². The van der Waals surface area contributed by atoms with E-state index >= 15 is 0 Å². The van der Waals surface area contributed by atoms with Gasteiger partial charge in [0.15, 0.2) is 0 Å². The maximum absolute atomic E-state index is 13.5. The molecule has 1 aromatic rings. The van der Waals surface area contributed by atoms with E-state index in [9.17, 15) is 18.8 Å². The molecule has 1 atom stereocenters. The molecule has 20 heavy (non-hydrogen) atoms. The maximum Gasteiger partial charge on any atom is 0.326 e. The number of hydrogen-bond donors (Lipinski definition) is 4. The van der Waals surface area contributed by atoms with Crippen molar-refractivity contribution in [1.82, 2.24) is 5.32 Å². The molecule has 1 rings (SSSR count). The van der Waals surface area contributed by atoms with E-state index in [0.717, 1.165) is 6.07 Å². The third-order valence-electron chi connectivity index (χ3n) is 2.44. The molecule has 0 radical (unpaired) electrons. The first kappa shape index (κ1) is 15.4. The molecule has 1 unspecified atom stereocenters. The van der Waals surface area contributed by atoms with Crippen LogP contribution < -0.4 is 10.6 Å². The van der Waals surface area contributed by atoms with Crippen molar-refractivity contribution in [3.05, 3.63) is 29.6 Å². The highest BCUT2D eigenvalue weighted by Gasteiger charge is 2.23. The highest BCUT2D eigenvalue weighted by atomic mass is 19.1. The summed E-state index contributed by atoms with van der Waals surface area (Å²) in [5.41, 5.74) is 0.356. The number of anilines is 1. The van der Waals surface area contributed by atoms with E-state index in [-0.39, 0.29) is 5.69 Å². The molecule has 0 heterocycles. The summed E-state index contributed by atoms with van der Waals surface area (Å²) in [4.78, 5) is 32.8. The van der Waals surface area contributed by atoms with E-state index in [2.05, 4.69) is 5.32 Å². The van der Waals surface area contributed by atoms with E-state index in [1.54, 1.807) is 13.0 Å². The fourth-order valence-electron chi connectivity index (χ4n) is 1.47. The molecule has 0 aliphatic heterocycles. The van der Waals surface area contributed by atoms with Gasteiger partial charge in [0, 0.05) is 0 Å². The van der Waals surface area contributed by atoms with Crippen molar-refractivity contribution >= 4 is 23.7 Å². The lowest BCUT2D eigenvalue weighted by Gasteiger charge is -2.14. The van der Waals surface area contributed by atoms with Crippen LogP contribution >= 0.6 is 0 Å². The first-order chi connectivity index (χ1) is 9.31. The Labute approximate surface area is 113 Å². The Kier molecular flexibility index (Phi) is 5.01. The molecule has 4 N–H and O–H groups in total. The predicted octanol–water partition coefficient (Wildman–Crippen LogP) is 1.18. The third-order valence-corrected chi connectivity index (χ3v) is 2.44. The van der Waals surface area contributed by atoms with Crippen LogP contribution in [0.2, 0.25) is 0 Å². The fraction of sp³-hybridized carbons (Fsp3) is 0.250. The number of carbonyl (C=O) groups excluding carboxylic acids is 1. The third kappa shape index (κ3) is 4.23. The molecule has 1 aromatic carbocycles. The summed E-state index contributed by atoms with van der Waals surface area (Å²) in [5.74, 6) is -3.54. The molecule has 0 saturated heterocycles. The molecular weight excluding hydrogens is 271 g/mol. The van der Waals surface area contributed by atoms with Gasteiger partial charge in [0.1, 0.15) is 11.9 Å².